The van der Waals surface area contributed by atoms with Gasteiger partial charge in [-0.1, -0.05) is 60.7 Å². The molecular weight excluding hydrogens is 316 g/mol. The highest BCUT2D eigenvalue weighted by atomic mass is 16.6. The van der Waals surface area contributed by atoms with E-state index in [0.717, 1.165) is 11.1 Å². The maximum Gasteiger partial charge on any atom is 0.410 e. The number of carbonyl (C=O) groups excluding carboxylic acids is 1. The smallest absolute Gasteiger partial charge is 0.410 e. The molecule has 2 aromatic carbocycles. The molecule has 5 nitrogen and oxygen atoms in total. The third-order valence-electron chi connectivity index (χ3n) is 4.98. The number of hydrogen-bond donors (Lipinski definition) is 2. The van der Waals surface area contributed by atoms with Crippen LogP contribution >= 0.6 is 0 Å². The molecule has 1 aliphatic heterocycles. The largest absolute Gasteiger partial charge is 0.445 e. The van der Waals surface area contributed by atoms with Gasteiger partial charge >= 0.3 is 6.09 Å². The lowest BCUT2D eigenvalue weighted by Crippen LogP contribution is -2.38. The molecule has 0 bridgehead atoms. The number of amides is 1. The van der Waals surface area contributed by atoms with Gasteiger partial charge in [0, 0.05) is 24.6 Å². The van der Waals surface area contributed by atoms with Gasteiger partial charge in [-0.2, -0.15) is 0 Å². The summed E-state index contributed by atoms with van der Waals surface area (Å²) in [4.78, 5) is 14.5. The minimum atomic E-state index is -0.406. The molecule has 1 heterocycles. The lowest BCUT2D eigenvalue weighted by molar-refractivity contribution is 0.0750. The highest BCUT2D eigenvalue weighted by molar-refractivity contribution is 5.70. The Bertz CT molecular complexity index is 693. The molecule has 3 rings (SSSR count). The Kier molecular flexibility index (Phi) is 5.36. The average molecular weight is 340 g/mol. The number of ether oxygens (including phenoxy) is 1. The summed E-state index contributed by atoms with van der Waals surface area (Å²) < 4.78 is 5.53. The van der Waals surface area contributed by atoms with Crippen molar-refractivity contribution in [3.8, 4) is 0 Å². The van der Waals surface area contributed by atoms with Crippen LogP contribution in [-0.4, -0.2) is 34.8 Å². The van der Waals surface area contributed by atoms with Gasteiger partial charge in [0.1, 0.15) is 6.61 Å². The zero-order valence-corrected chi connectivity index (χ0v) is 14.3. The zero-order valence-electron chi connectivity index (χ0n) is 14.3. The van der Waals surface area contributed by atoms with E-state index in [1.54, 1.807) is 4.90 Å². The standard InChI is InChI=1S/C20H24N2O3/c1-14-17(12-23)18(21)19(16-10-6-3-7-11-16)22(14)20(24)25-13-15-8-4-2-5-9-15/h2-11,14,17-19,23H,12-13,21H2,1H3/t14-,17-,18+,19-/m0/s1. The second kappa shape index (κ2) is 7.68. The van der Waals surface area contributed by atoms with Crippen LogP contribution in [0.15, 0.2) is 60.7 Å². The fraction of sp³-hybridized carbons (Fsp3) is 0.350. The van der Waals surface area contributed by atoms with E-state index in [2.05, 4.69) is 0 Å². The van der Waals surface area contributed by atoms with Gasteiger partial charge in [0.2, 0.25) is 0 Å². The zero-order chi connectivity index (χ0) is 17.8. The van der Waals surface area contributed by atoms with Gasteiger partial charge in [-0.25, -0.2) is 4.79 Å². The molecule has 2 aromatic rings. The summed E-state index contributed by atoms with van der Waals surface area (Å²) in [6, 6.07) is 18.4. The Morgan fingerprint density at radius 3 is 2.32 bits per heavy atom. The molecule has 25 heavy (non-hydrogen) atoms. The Morgan fingerprint density at radius 1 is 1.12 bits per heavy atom. The Labute approximate surface area is 148 Å². The van der Waals surface area contributed by atoms with Crippen molar-refractivity contribution >= 4 is 6.09 Å². The van der Waals surface area contributed by atoms with Crippen LogP contribution in [0, 0.1) is 5.92 Å². The first-order valence-corrected chi connectivity index (χ1v) is 8.54. The maximum atomic E-state index is 12.8. The minimum Gasteiger partial charge on any atom is -0.445 e. The van der Waals surface area contributed by atoms with E-state index in [4.69, 9.17) is 10.5 Å². The van der Waals surface area contributed by atoms with Gasteiger partial charge in [0.05, 0.1) is 6.04 Å². The molecule has 0 radical (unpaired) electrons. The van der Waals surface area contributed by atoms with Gasteiger partial charge in [-0.3, -0.25) is 4.90 Å². The van der Waals surface area contributed by atoms with Crippen LogP contribution in [-0.2, 0) is 11.3 Å². The number of likely N-dealkylation sites (tertiary alicyclic amines) is 1. The fourth-order valence-electron chi connectivity index (χ4n) is 3.58. The number of rotatable bonds is 4. The Balaban J connectivity index is 1.81. The third-order valence-corrected chi connectivity index (χ3v) is 4.98. The highest BCUT2D eigenvalue weighted by Crippen LogP contribution is 2.39. The van der Waals surface area contributed by atoms with Crippen molar-refractivity contribution in [2.75, 3.05) is 6.61 Å². The second-order valence-electron chi connectivity index (χ2n) is 6.47. The number of aliphatic hydroxyl groups excluding tert-OH is 1. The molecule has 0 unspecified atom stereocenters. The molecule has 132 valence electrons. The van der Waals surface area contributed by atoms with Crippen LogP contribution in [0.3, 0.4) is 0 Å². The second-order valence-corrected chi connectivity index (χ2v) is 6.47. The van der Waals surface area contributed by atoms with Gasteiger partial charge in [0.25, 0.3) is 0 Å². The van der Waals surface area contributed by atoms with E-state index in [0.29, 0.717) is 0 Å². The van der Waals surface area contributed by atoms with E-state index in [1.807, 2.05) is 67.6 Å². The molecule has 0 aliphatic carbocycles. The van der Waals surface area contributed by atoms with Crippen LogP contribution in [0.4, 0.5) is 4.79 Å². The lowest BCUT2D eigenvalue weighted by atomic mass is 9.93. The summed E-state index contributed by atoms with van der Waals surface area (Å²) >= 11 is 0. The number of nitrogens with two attached hydrogens (primary N) is 1. The molecular formula is C20H24N2O3. The van der Waals surface area contributed by atoms with Crippen molar-refractivity contribution < 1.29 is 14.6 Å². The van der Waals surface area contributed by atoms with Crippen molar-refractivity contribution in [2.24, 2.45) is 11.7 Å². The molecule has 0 spiro atoms. The fourth-order valence-corrected chi connectivity index (χ4v) is 3.58. The summed E-state index contributed by atoms with van der Waals surface area (Å²) in [6.45, 7) is 2.06. The number of aliphatic hydroxyl groups is 1. The minimum absolute atomic E-state index is 0.0614. The number of nitrogens with zero attached hydrogens (tertiary/aromatic N) is 1. The maximum absolute atomic E-state index is 12.8. The molecule has 1 aliphatic rings. The predicted octanol–water partition coefficient (Wildman–Crippen LogP) is 2.70. The van der Waals surface area contributed by atoms with Crippen LogP contribution in [0.5, 0.6) is 0 Å². The molecule has 5 heteroatoms. The first-order valence-electron chi connectivity index (χ1n) is 8.54. The van der Waals surface area contributed by atoms with E-state index >= 15 is 0 Å². The monoisotopic (exact) mass is 340 g/mol. The molecule has 1 saturated heterocycles. The number of benzene rings is 2. The quantitative estimate of drug-likeness (QED) is 0.897. The van der Waals surface area contributed by atoms with Gasteiger partial charge in [-0.05, 0) is 18.1 Å². The van der Waals surface area contributed by atoms with Gasteiger partial charge < -0.3 is 15.6 Å². The van der Waals surface area contributed by atoms with Crippen LogP contribution in [0.25, 0.3) is 0 Å². The summed E-state index contributed by atoms with van der Waals surface area (Å²) in [5, 5.41) is 9.72. The summed E-state index contributed by atoms with van der Waals surface area (Å²) in [6.07, 6.45) is -0.406. The molecule has 4 atom stereocenters. The van der Waals surface area contributed by atoms with Crippen molar-refractivity contribution in [3.05, 3.63) is 71.8 Å². The lowest BCUT2D eigenvalue weighted by Gasteiger charge is -2.29. The van der Waals surface area contributed by atoms with E-state index in [-0.39, 0.29) is 37.3 Å². The van der Waals surface area contributed by atoms with Crippen LogP contribution < -0.4 is 5.73 Å². The molecule has 3 N–H and O–H groups in total. The SMILES string of the molecule is C[C@H]1[C@H](CO)[C@@H](N)[C@H](c2ccccc2)N1C(=O)OCc1ccccc1. The molecule has 0 saturated carbocycles. The molecule has 0 aromatic heterocycles. The van der Waals surface area contributed by atoms with E-state index in [1.165, 1.54) is 0 Å². The Hall–Kier alpha value is -2.37. The van der Waals surface area contributed by atoms with Crippen LogP contribution in [0.2, 0.25) is 0 Å². The highest BCUT2D eigenvalue weighted by Gasteiger charge is 2.48. The normalized spacial score (nSPS) is 25.8. The van der Waals surface area contributed by atoms with Crippen molar-refractivity contribution in [2.45, 2.75) is 31.7 Å². The number of hydrogen-bond acceptors (Lipinski definition) is 4. The van der Waals surface area contributed by atoms with Crippen LogP contribution in [0.1, 0.15) is 24.1 Å². The van der Waals surface area contributed by atoms with Crippen molar-refractivity contribution in [3.63, 3.8) is 0 Å². The van der Waals surface area contributed by atoms with Gasteiger partial charge in [0.15, 0.2) is 0 Å². The summed E-state index contributed by atoms with van der Waals surface area (Å²) in [5.41, 5.74) is 8.27. The summed E-state index contributed by atoms with van der Waals surface area (Å²) in [7, 11) is 0. The first kappa shape index (κ1) is 17.5. The number of carbonyl (C=O) groups is 1. The molecule has 1 amide bonds. The third kappa shape index (κ3) is 3.52. The molecule has 1 fully saturated rings. The van der Waals surface area contributed by atoms with E-state index in [9.17, 15) is 9.90 Å². The van der Waals surface area contributed by atoms with E-state index < -0.39 is 6.09 Å². The van der Waals surface area contributed by atoms with Crippen molar-refractivity contribution in [1.82, 2.24) is 4.90 Å². The Morgan fingerprint density at radius 2 is 1.72 bits per heavy atom. The summed E-state index contributed by atoms with van der Waals surface area (Å²) in [5.74, 6) is -0.186. The average Bonchev–Trinajstić information content (AvgIpc) is 2.91. The first-order chi connectivity index (χ1) is 12.1. The van der Waals surface area contributed by atoms with Crippen molar-refractivity contribution in [1.29, 1.82) is 0 Å². The predicted molar refractivity (Wildman–Crippen MR) is 95.7 cm³/mol. The van der Waals surface area contributed by atoms with Gasteiger partial charge in [-0.15, -0.1) is 0 Å². The topological polar surface area (TPSA) is 75.8 Å².